The molecule has 4 aromatic heterocycles. The zero-order valence-corrected chi connectivity index (χ0v) is 28.7. The first-order chi connectivity index (χ1) is 23.7. The van der Waals surface area contributed by atoms with Gasteiger partial charge in [0.2, 0.25) is 0 Å². The van der Waals surface area contributed by atoms with Gasteiger partial charge in [-0.05, 0) is 65.0 Å². The molecule has 0 N–H and O–H groups in total. The standard InChI is InChI=1S/C43H27N5.Pt/c1-27-19-22-29(23-20-27)47-38-17-9-12-30(42(38)46-43(47)35-14-8-13-34-31-10-2-4-15-36(31)45-41(34)35)28-21-24-33-32-11-3-5-16-37(32)48(39(33)26-28)40-18-6-7-25-44-40;/h2-25H,1H3;/q-2;+2. The van der Waals surface area contributed by atoms with E-state index in [1.807, 2.05) is 30.5 Å². The van der Waals surface area contributed by atoms with Gasteiger partial charge in [0.1, 0.15) is 11.6 Å². The van der Waals surface area contributed by atoms with Crippen LogP contribution in [0.25, 0.3) is 88.7 Å². The summed E-state index contributed by atoms with van der Waals surface area (Å²) in [7, 11) is 0. The molecule has 4 heterocycles. The Morgan fingerprint density at radius 1 is 0.592 bits per heavy atom. The zero-order valence-electron chi connectivity index (χ0n) is 26.4. The molecule has 49 heavy (non-hydrogen) atoms. The van der Waals surface area contributed by atoms with Gasteiger partial charge in [0.25, 0.3) is 0 Å². The topological polar surface area (TPSA) is 49.7 Å². The minimum atomic E-state index is 0. The second-order valence-electron chi connectivity index (χ2n) is 12.3. The van der Waals surface area contributed by atoms with Crippen molar-refractivity contribution in [1.29, 1.82) is 0 Å². The van der Waals surface area contributed by atoms with Gasteiger partial charge >= 0.3 is 21.1 Å². The van der Waals surface area contributed by atoms with Gasteiger partial charge in [-0.2, -0.15) is 0 Å². The first-order valence-corrected chi connectivity index (χ1v) is 16.1. The molecule has 0 fully saturated rings. The normalized spacial score (nSPS) is 11.6. The van der Waals surface area contributed by atoms with Gasteiger partial charge in [-0.3, -0.25) is 4.57 Å². The van der Waals surface area contributed by atoms with E-state index in [1.54, 1.807) is 0 Å². The molecule has 10 rings (SSSR count). The smallest absolute Gasteiger partial charge is 0.656 e. The molecule has 0 spiro atoms. The number of para-hydroxylation sites is 4. The van der Waals surface area contributed by atoms with E-state index in [4.69, 9.17) is 15.0 Å². The molecular formula is C43H27N5Pt. The molecule has 0 aliphatic heterocycles. The fraction of sp³-hybridized carbons (Fsp3) is 0.0233. The Labute approximate surface area is 296 Å². The average Bonchev–Trinajstić information content (AvgIpc) is 3.82. The molecule has 0 amide bonds. The van der Waals surface area contributed by atoms with E-state index in [9.17, 15) is 0 Å². The van der Waals surface area contributed by atoms with Crippen LogP contribution in [0.3, 0.4) is 0 Å². The summed E-state index contributed by atoms with van der Waals surface area (Å²) in [4.78, 5) is 15.3. The third-order valence-corrected chi connectivity index (χ3v) is 9.43. The third-order valence-electron chi connectivity index (χ3n) is 9.43. The molecule has 0 atom stereocenters. The molecule has 0 aliphatic rings. The number of aromatic nitrogens is 5. The van der Waals surface area contributed by atoms with Gasteiger partial charge in [0.15, 0.2) is 0 Å². The van der Waals surface area contributed by atoms with Crippen LogP contribution in [0.1, 0.15) is 5.56 Å². The zero-order chi connectivity index (χ0) is 31.8. The molecule has 0 bridgehead atoms. The van der Waals surface area contributed by atoms with E-state index < -0.39 is 0 Å². The van der Waals surface area contributed by atoms with E-state index in [1.165, 1.54) is 10.9 Å². The van der Waals surface area contributed by atoms with Gasteiger partial charge in [0, 0.05) is 23.0 Å². The maximum atomic E-state index is 5.47. The first kappa shape index (κ1) is 29.4. The minimum Gasteiger partial charge on any atom is -0.656 e. The molecule has 0 aliphatic carbocycles. The van der Waals surface area contributed by atoms with Crippen LogP contribution < -0.4 is 4.98 Å². The molecule has 0 unspecified atom stereocenters. The summed E-state index contributed by atoms with van der Waals surface area (Å²) in [6.45, 7) is 2.12. The molecule has 5 nitrogen and oxygen atoms in total. The number of aryl methyl sites for hydroxylation is 1. The summed E-state index contributed by atoms with van der Waals surface area (Å²) >= 11 is 0. The van der Waals surface area contributed by atoms with Gasteiger partial charge < -0.3 is 9.55 Å². The van der Waals surface area contributed by atoms with E-state index in [2.05, 4.69) is 137 Å². The summed E-state index contributed by atoms with van der Waals surface area (Å²) in [5.74, 6) is 1.72. The average molecular weight is 809 g/mol. The van der Waals surface area contributed by atoms with Gasteiger partial charge in [-0.15, -0.1) is 34.8 Å². The summed E-state index contributed by atoms with van der Waals surface area (Å²) < 4.78 is 4.48. The largest absolute Gasteiger partial charge is 2.00 e. The van der Waals surface area contributed by atoms with E-state index >= 15 is 0 Å². The van der Waals surface area contributed by atoms with Crippen molar-refractivity contribution < 1.29 is 21.1 Å². The van der Waals surface area contributed by atoms with Crippen LogP contribution in [0.2, 0.25) is 0 Å². The van der Waals surface area contributed by atoms with Crippen molar-refractivity contribution in [3.8, 4) is 34.0 Å². The van der Waals surface area contributed by atoms with Crippen molar-refractivity contribution in [2.24, 2.45) is 0 Å². The molecule has 10 aromatic rings. The van der Waals surface area contributed by atoms with Crippen LogP contribution in [-0.2, 0) is 21.1 Å². The first-order valence-electron chi connectivity index (χ1n) is 16.1. The fourth-order valence-corrected chi connectivity index (χ4v) is 7.21. The van der Waals surface area contributed by atoms with Crippen molar-refractivity contribution >= 4 is 54.6 Å². The van der Waals surface area contributed by atoms with Crippen molar-refractivity contribution in [1.82, 2.24) is 24.1 Å². The van der Waals surface area contributed by atoms with Crippen LogP contribution in [0.15, 0.2) is 146 Å². The van der Waals surface area contributed by atoms with Gasteiger partial charge in [-0.25, -0.2) is 9.97 Å². The second-order valence-corrected chi connectivity index (χ2v) is 12.3. The Kier molecular flexibility index (Phi) is 6.85. The maximum Gasteiger partial charge on any atom is 2.00 e. The molecule has 0 saturated heterocycles. The third kappa shape index (κ3) is 4.50. The Morgan fingerprint density at radius 3 is 2.18 bits per heavy atom. The van der Waals surface area contributed by atoms with E-state index in [0.29, 0.717) is 0 Å². The molecule has 234 valence electrons. The molecule has 6 heteroatoms. The monoisotopic (exact) mass is 808 g/mol. The summed E-state index contributed by atoms with van der Waals surface area (Å²) in [6, 6.07) is 52.5. The predicted octanol–water partition coefficient (Wildman–Crippen LogP) is 10.2. The van der Waals surface area contributed by atoms with Crippen LogP contribution in [0, 0.1) is 13.0 Å². The number of imidazole rings is 1. The minimum absolute atomic E-state index is 0. The summed E-state index contributed by atoms with van der Waals surface area (Å²) in [6.07, 6.45) is 1.84. The van der Waals surface area contributed by atoms with Crippen molar-refractivity contribution in [3.63, 3.8) is 0 Å². The van der Waals surface area contributed by atoms with Crippen molar-refractivity contribution in [3.05, 3.63) is 157 Å². The number of rotatable bonds is 4. The van der Waals surface area contributed by atoms with Gasteiger partial charge in [0.05, 0.1) is 11.0 Å². The number of pyridine rings is 1. The number of hydrogen-bond acceptors (Lipinski definition) is 2. The number of nitrogens with zero attached hydrogens (tertiary/aromatic N) is 5. The van der Waals surface area contributed by atoms with Crippen molar-refractivity contribution in [2.45, 2.75) is 6.92 Å². The molecule has 0 radical (unpaired) electrons. The summed E-state index contributed by atoms with van der Waals surface area (Å²) in [5, 5.41) is 4.60. The Morgan fingerprint density at radius 2 is 1.33 bits per heavy atom. The van der Waals surface area contributed by atoms with E-state index in [0.717, 1.165) is 83.3 Å². The van der Waals surface area contributed by atoms with Crippen LogP contribution in [0.5, 0.6) is 0 Å². The second kappa shape index (κ2) is 11.4. The number of benzene rings is 6. The SMILES string of the molecule is Cc1ccc(-n2c(-c3cccc4c3[n-]c3ccccc34)nc3c(-c4[c-]c5c(cc4)c4ccccc4n5-c4ccccn4)cccc32)cc1.[Pt+2]. The Hall–Kier alpha value is -5.77. The van der Waals surface area contributed by atoms with Crippen LogP contribution in [0.4, 0.5) is 0 Å². The van der Waals surface area contributed by atoms with Crippen LogP contribution >= 0.6 is 0 Å². The molecule has 6 aromatic carbocycles. The predicted molar refractivity (Wildman–Crippen MR) is 196 cm³/mol. The number of fused-ring (bicyclic) bond motifs is 7. The Bertz CT molecular complexity index is 2840. The van der Waals surface area contributed by atoms with Crippen LogP contribution in [-0.4, -0.2) is 19.1 Å². The van der Waals surface area contributed by atoms with Gasteiger partial charge in [-0.1, -0.05) is 108 Å². The quantitative estimate of drug-likeness (QED) is 0.167. The number of hydrogen-bond donors (Lipinski definition) is 0. The fourth-order valence-electron chi connectivity index (χ4n) is 7.21. The molecule has 0 saturated carbocycles. The van der Waals surface area contributed by atoms with E-state index in [-0.39, 0.29) is 21.1 Å². The summed E-state index contributed by atoms with van der Waals surface area (Å²) in [5.41, 5.74) is 11.2. The van der Waals surface area contributed by atoms with Crippen molar-refractivity contribution in [2.75, 3.05) is 0 Å². The molecular weight excluding hydrogens is 782 g/mol. The Balaban J connectivity index is 0.00000325. The maximum absolute atomic E-state index is 5.47.